The van der Waals surface area contributed by atoms with Crippen LogP contribution in [0.15, 0.2) is 24.3 Å². The van der Waals surface area contributed by atoms with Crippen molar-refractivity contribution in [3.05, 3.63) is 40.0 Å². The molecular formula is C12H9Cl2NO. The molecule has 16 heavy (non-hydrogen) atoms. The van der Waals surface area contributed by atoms with Gasteiger partial charge < -0.3 is 0 Å². The highest BCUT2D eigenvalue weighted by atomic mass is 35.5. The van der Waals surface area contributed by atoms with Crippen LogP contribution in [0.2, 0.25) is 10.0 Å². The van der Waals surface area contributed by atoms with E-state index in [1.54, 1.807) is 18.2 Å². The van der Waals surface area contributed by atoms with Crippen molar-refractivity contribution in [1.29, 1.82) is 0 Å². The number of aromatic nitrogens is 1. The Morgan fingerprint density at radius 3 is 2.56 bits per heavy atom. The zero-order chi connectivity index (χ0) is 11.7. The molecule has 1 aromatic carbocycles. The Kier molecular flexibility index (Phi) is 3.13. The second kappa shape index (κ2) is 4.40. The first-order valence-corrected chi connectivity index (χ1v) is 5.56. The molecule has 1 aromatic heterocycles. The molecule has 0 amide bonds. The largest absolute Gasteiger partial charge is 0.300 e. The number of hydrogen-bond acceptors (Lipinski definition) is 2. The number of carbonyl (C=O) groups is 1. The number of benzene rings is 1. The van der Waals surface area contributed by atoms with Gasteiger partial charge in [-0.25, -0.2) is 0 Å². The lowest BCUT2D eigenvalue weighted by Gasteiger charge is -2.04. The molecular weight excluding hydrogens is 245 g/mol. The third-order valence-corrected chi connectivity index (χ3v) is 2.88. The first-order chi connectivity index (χ1) is 7.58. The summed E-state index contributed by atoms with van der Waals surface area (Å²) in [5.41, 5.74) is 1.36. The lowest BCUT2D eigenvalue weighted by atomic mass is 10.1. The van der Waals surface area contributed by atoms with Gasteiger partial charge in [-0.2, -0.15) is 0 Å². The summed E-state index contributed by atoms with van der Waals surface area (Å²) in [5, 5.41) is 1.97. The highest BCUT2D eigenvalue weighted by molar-refractivity contribution is 6.39. The molecule has 1 heterocycles. The van der Waals surface area contributed by atoms with Crippen LogP contribution in [0, 0.1) is 0 Å². The van der Waals surface area contributed by atoms with Gasteiger partial charge in [-0.3, -0.25) is 9.78 Å². The van der Waals surface area contributed by atoms with Crippen LogP contribution in [0.4, 0.5) is 0 Å². The van der Waals surface area contributed by atoms with Crippen molar-refractivity contribution in [3.8, 4) is 0 Å². The molecule has 0 saturated heterocycles. The van der Waals surface area contributed by atoms with Crippen LogP contribution < -0.4 is 0 Å². The number of nitrogens with zero attached hydrogens (tertiary/aromatic N) is 1. The van der Waals surface area contributed by atoms with E-state index >= 15 is 0 Å². The molecule has 0 N–H and O–H groups in total. The third kappa shape index (κ3) is 2.18. The molecule has 0 spiro atoms. The monoisotopic (exact) mass is 253 g/mol. The average Bonchev–Trinajstić information content (AvgIpc) is 2.23. The molecule has 82 valence electrons. The normalized spacial score (nSPS) is 10.7. The van der Waals surface area contributed by atoms with Gasteiger partial charge in [-0.15, -0.1) is 0 Å². The molecule has 0 unspecified atom stereocenters. The van der Waals surface area contributed by atoms with Gasteiger partial charge in [-0.1, -0.05) is 23.2 Å². The quantitative estimate of drug-likeness (QED) is 0.818. The Labute approximate surface area is 103 Å². The molecule has 0 fully saturated rings. The topological polar surface area (TPSA) is 30.0 Å². The molecule has 0 radical (unpaired) electrons. The fourth-order valence-corrected chi connectivity index (χ4v) is 1.97. The van der Waals surface area contributed by atoms with E-state index in [1.807, 2.05) is 6.07 Å². The third-order valence-electron chi connectivity index (χ3n) is 2.24. The van der Waals surface area contributed by atoms with Gasteiger partial charge in [0.05, 0.1) is 15.6 Å². The Balaban J connectivity index is 2.61. The molecule has 0 atom stereocenters. The van der Waals surface area contributed by atoms with Crippen molar-refractivity contribution in [3.63, 3.8) is 0 Å². The molecule has 0 aliphatic heterocycles. The summed E-state index contributed by atoms with van der Waals surface area (Å²) in [6.45, 7) is 1.53. The fourth-order valence-electron chi connectivity index (χ4n) is 1.54. The van der Waals surface area contributed by atoms with Crippen molar-refractivity contribution in [2.45, 2.75) is 13.3 Å². The molecule has 2 nitrogen and oxygen atoms in total. The van der Waals surface area contributed by atoms with Crippen molar-refractivity contribution < 1.29 is 4.79 Å². The van der Waals surface area contributed by atoms with Gasteiger partial charge in [0, 0.05) is 17.5 Å². The van der Waals surface area contributed by atoms with Crippen LogP contribution in [0.3, 0.4) is 0 Å². The zero-order valence-corrected chi connectivity index (χ0v) is 10.1. The van der Waals surface area contributed by atoms with Gasteiger partial charge in [0.15, 0.2) is 0 Å². The highest BCUT2D eigenvalue weighted by Gasteiger charge is 2.07. The Morgan fingerprint density at radius 1 is 1.19 bits per heavy atom. The van der Waals surface area contributed by atoms with E-state index in [4.69, 9.17) is 23.2 Å². The van der Waals surface area contributed by atoms with E-state index in [9.17, 15) is 4.79 Å². The first kappa shape index (κ1) is 11.4. The summed E-state index contributed by atoms with van der Waals surface area (Å²) >= 11 is 12.1. The Bertz CT molecular complexity index is 566. The van der Waals surface area contributed by atoms with Crippen LogP contribution >= 0.6 is 23.2 Å². The van der Waals surface area contributed by atoms with Crippen LogP contribution in [-0.4, -0.2) is 10.8 Å². The van der Waals surface area contributed by atoms with E-state index in [0.29, 0.717) is 27.7 Å². The van der Waals surface area contributed by atoms with E-state index in [-0.39, 0.29) is 5.78 Å². The predicted molar refractivity (Wildman–Crippen MR) is 66.1 cm³/mol. The molecule has 0 aliphatic carbocycles. The molecule has 2 rings (SSSR count). The summed E-state index contributed by atoms with van der Waals surface area (Å²) < 4.78 is 0. The Hall–Kier alpha value is -1.12. The van der Waals surface area contributed by atoms with Gasteiger partial charge in [0.1, 0.15) is 5.78 Å². The summed E-state index contributed by atoms with van der Waals surface area (Å²) in [5.74, 6) is 0.0741. The number of rotatable bonds is 2. The predicted octanol–water partition coefficient (Wildman–Crippen LogP) is 3.67. The Morgan fingerprint density at radius 2 is 1.88 bits per heavy atom. The maximum Gasteiger partial charge on any atom is 0.135 e. The molecule has 2 aromatic rings. The second-order valence-electron chi connectivity index (χ2n) is 3.61. The van der Waals surface area contributed by atoms with Crippen molar-refractivity contribution >= 4 is 39.9 Å². The number of carbonyl (C=O) groups excluding carboxylic acids is 1. The lowest BCUT2D eigenvalue weighted by molar-refractivity contribution is -0.116. The highest BCUT2D eigenvalue weighted by Crippen LogP contribution is 2.28. The molecule has 0 bridgehead atoms. The van der Waals surface area contributed by atoms with Crippen LogP contribution in [-0.2, 0) is 11.2 Å². The molecule has 0 saturated carbocycles. The van der Waals surface area contributed by atoms with E-state index in [1.165, 1.54) is 6.92 Å². The maximum atomic E-state index is 11.0. The summed E-state index contributed by atoms with van der Waals surface area (Å²) in [7, 11) is 0. The van der Waals surface area contributed by atoms with E-state index < -0.39 is 0 Å². The van der Waals surface area contributed by atoms with Gasteiger partial charge in [-0.05, 0) is 31.2 Å². The summed E-state index contributed by atoms with van der Waals surface area (Å²) in [6.07, 6.45) is 0.318. The maximum absolute atomic E-state index is 11.0. The lowest BCUT2D eigenvalue weighted by Crippen LogP contribution is -1.99. The summed E-state index contributed by atoms with van der Waals surface area (Å²) in [4.78, 5) is 15.3. The fraction of sp³-hybridized carbons (Fsp3) is 0.167. The number of fused-ring (bicyclic) bond motifs is 1. The zero-order valence-electron chi connectivity index (χ0n) is 8.63. The van der Waals surface area contributed by atoms with Crippen LogP contribution in [0.25, 0.3) is 10.9 Å². The average molecular weight is 254 g/mol. The number of Topliss-reactive ketones (excluding diaryl/α,β-unsaturated/α-hetero) is 1. The minimum atomic E-state index is 0.0741. The number of hydrogen-bond donors (Lipinski definition) is 0. The molecule has 4 heteroatoms. The van der Waals surface area contributed by atoms with E-state index in [0.717, 1.165) is 5.39 Å². The minimum absolute atomic E-state index is 0.0741. The summed E-state index contributed by atoms with van der Waals surface area (Å²) in [6, 6.07) is 7.08. The smallest absolute Gasteiger partial charge is 0.135 e. The van der Waals surface area contributed by atoms with Crippen LogP contribution in [0.5, 0.6) is 0 Å². The number of pyridine rings is 1. The van der Waals surface area contributed by atoms with E-state index in [2.05, 4.69) is 4.98 Å². The number of ketones is 1. The minimum Gasteiger partial charge on any atom is -0.300 e. The number of halogens is 2. The van der Waals surface area contributed by atoms with Crippen molar-refractivity contribution in [1.82, 2.24) is 4.98 Å². The SMILES string of the molecule is CC(=O)Cc1ccc2c(Cl)ccc(Cl)c2n1. The van der Waals surface area contributed by atoms with Gasteiger partial charge >= 0.3 is 0 Å². The van der Waals surface area contributed by atoms with Gasteiger partial charge in [0.2, 0.25) is 0 Å². The van der Waals surface area contributed by atoms with Gasteiger partial charge in [0.25, 0.3) is 0 Å². The van der Waals surface area contributed by atoms with Crippen molar-refractivity contribution in [2.75, 3.05) is 0 Å². The van der Waals surface area contributed by atoms with Crippen molar-refractivity contribution in [2.24, 2.45) is 0 Å². The molecule has 0 aliphatic rings. The van der Waals surface area contributed by atoms with Crippen LogP contribution in [0.1, 0.15) is 12.6 Å². The second-order valence-corrected chi connectivity index (χ2v) is 4.42. The standard InChI is InChI=1S/C12H9Cl2NO/c1-7(16)6-8-2-3-9-10(13)4-5-11(14)12(9)15-8/h2-5H,6H2,1H3. The first-order valence-electron chi connectivity index (χ1n) is 4.81.